The van der Waals surface area contributed by atoms with Crippen molar-refractivity contribution in [1.82, 2.24) is 5.32 Å². The summed E-state index contributed by atoms with van der Waals surface area (Å²) in [6.45, 7) is 4.14. The fraction of sp³-hybridized carbons (Fsp3) is 0.538. The Kier molecular flexibility index (Phi) is 3.39. The van der Waals surface area contributed by atoms with Gasteiger partial charge in [0.05, 0.1) is 6.10 Å². The largest absolute Gasteiger partial charge is 0.388 e. The molecule has 0 bridgehead atoms. The van der Waals surface area contributed by atoms with Crippen molar-refractivity contribution in [3.63, 3.8) is 0 Å². The number of rotatable bonds is 2. The van der Waals surface area contributed by atoms with Crippen LogP contribution in [0.25, 0.3) is 0 Å². The van der Waals surface area contributed by atoms with Gasteiger partial charge in [0, 0.05) is 0 Å². The van der Waals surface area contributed by atoms with Crippen molar-refractivity contribution in [2.75, 3.05) is 13.1 Å². The highest BCUT2D eigenvalue weighted by Crippen LogP contribution is 2.30. The first-order valence-electron chi connectivity index (χ1n) is 5.73. The molecule has 0 spiro atoms. The number of piperidine rings is 1. The van der Waals surface area contributed by atoms with E-state index in [0.29, 0.717) is 5.92 Å². The maximum Gasteiger partial charge on any atom is 0.0821 e. The van der Waals surface area contributed by atoms with Gasteiger partial charge in [0.2, 0.25) is 0 Å². The fourth-order valence-electron chi connectivity index (χ4n) is 2.33. The molecular weight excluding hydrogens is 186 g/mol. The van der Waals surface area contributed by atoms with Gasteiger partial charge < -0.3 is 10.4 Å². The smallest absolute Gasteiger partial charge is 0.0821 e. The molecule has 1 fully saturated rings. The molecule has 2 nitrogen and oxygen atoms in total. The highest BCUT2D eigenvalue weighted by molar-refractivity contribution is 5.28. The highest BCUT2D eigenvalue weighted by Gasteiger charge is 2.23. The van der Waals surface area contributed by atoms with Crippen molar-refractivity contribution < 1.29 is 5.11 Å². The molecule has 0 saturated carbocycles. The van der Waals surface area contributed by atoms with Crippen LogP contribution >= 0.6 is 0 Å². The number of aryl methyl sites for hydroxylation is 1. The third kappa shape index (κ3) is 2.39. The SMILES string of the molecule is Cc1ccccc1C(O)C1CCNCC1. The molecule has 1 atom stereocenters. The zero-order valence-electron chi connectivity index (χ0n) is 9.24. The van der Waals surface area contributed by atoms with Gasteiger partial charge in [-0.2, -0.15) is 0 Å². The Morgan fingerprint density at radius 2 is 1.93 bits per heavy atom. The summed E-state index contributed by atoms with van der Waals surface area (Å²) in [6.07, 6.45) is 1.87. The van der Waals surface area contributed by atoms with Crippen LogP contribution in [0.3, 0.4) is 0 Å². The van der Waals surface area contributed by atoms with E-state index < -0.39 is 0 Å². The summed E-state index contributed by atoms with van der Waals surface area (Å²) in [5.41, 5.74) is 2.30. The maximum atomic E-state index is 10.3. The fourth-order valence-corrected chi connectivity index (χ4v) is 2.33. The Morgan fingerprint density at radius 3 is 2.60 bits per heavy atom. The van der Waals surface area contributed by atoms with Crippen molar-refractivity contribution in [3.05, 3.63) is 35.4 Å². The van der Waals surface area contributed by atoms with Crippen LogP contribution in [0.4, 0.5) is 0 Å². The summed E-state index contributed by atoms with van der Waals surface area (Å²) < 4.78 is 0. The quantitative estimate of drug-likeness (QED) is 0.774. The highest BCUT2D eigenvalue weighted by atomic mass is 16.3. The molecule has 1 heterocycles. The van der Waals surface area contributed by atoms with Crippen LogP contribution in [0.5, 0.6) is 0 Å². The van der Waals surface area contributed by atoms with E-state index in [-0.39, 0.29) is 6.10 Å². The van der Waals surface area contributed by atoms with Gasteiger partial charge >= 0.3 is 0 Å². The van der Waals surface area contributed by atoms with Crippen LogP contribution in [0.2, 0.25) is 0 Å². The average Bonchev–Trinajstić information content (AvgIpc) is 2.30. The molecule has 2 N–H and O–H groups in total. The monoisotopic (exact) mass is 205 g/mol. The van der Waals surface area contributed by atoms with Gasteiger partial charge in [-0.05, 0) is 49.9 Å². The second kappa shape index (κ2) is 4.77. The second-order valence-corrected chi connectivity index (χ2v) is 4.39. The molecule has 1 aliphatic rings. The predicted octanol–water partition coefficient (Wildman–Crippen LogP) is 2.03. The van der Waals surface area contributed by atoms with Crippen LogP contribution in [0.15, 0.2) is 24.3 Å². The Balaban J connectivity index is 2.12. The van der Waals surface area contributed by atoms with Crippen LogP contribution in [0.1, 0.15) is 30.1 Å². The second-order valence-electron chi connectivity index (χ2n) is 4.39. The Labute approximate surface area is 91.3 Å². The number of nitrogens with one attached hydrogen (secondary N) is 1. The molecule has 82 valence electrons. The van der Waals surface area contributed by atoms with E-state index in [9.17, 15) is 5.11 Å². The van der Waals surface area contributed by atoms with Gasteiger partial charge in [-0.1, -0.05) is 24.3 Å². The maximum absolute atomic E-state index is 10.3. The molecule has 0 aromatic heterocycles. The number of aliphatic hydroxyl groups is 1. The van der Waals surface area contributed by atoms with Gasteiger partial charge in [0.15, 0.2) is 0 Å². The molecule has 0 amide bonds. The van der Waals surface area contributed by atoms with E-state index in [2.05, 4.69) is 18.3 Å². The Morgan fingerprint density at radius 1 is 1.27 bits per heavy atom. The van der Waals surface area contributed by atoms with Crippen molar-refractivity contribution in [3.8, 4) is 0 Å². The van der Waals surface area contributed by atoms with E-state index >= 15 is 0 Å². The summed E-state index contributed by atoms with van der Waals surface area (Å²) in [6, 6.07) is 8.14. The first kappa shape index (κ1) is 10.7. The van der Waals surface area contributed by atoms with E-state index in [4.69, 9.17) is 0 Å². The summed E-state index contributed by atoms with van der Waals surface area (Å²) in [5.74, 6) is 0.423. The zero-order valence-corrected chi connectivity index (χ0v) is 9.24. The summed E-state index contributed by atoms with van der Waals surface area (Å²) in [4.78, 5) is 0. The number of benzene rings is 1. The average molecular weight is 205 g/mol. The molecule has 1 saturated heterocycles. The van der Waals surface area contributed by atoms with Crippen LogP contribution in [-0.4, -0.2) is 18.2 Å². The molecule has 1 aromatic carbocycles. The number of aliphatic hydroxyl groups excluding tert-OH is 1. The van der Waals surface area contributed by atoms with Crippen molar-refractivity contribution in [1.29, 1.82) is 0 Å². The van der Waals surface area contributed by atoms with E-state index in [1.807, 2.05) is 18.2 Å². The molecule has 15 heavy (non-hydrogen) atoms. The minimum atomic E-state index is -0.284. The lowest BCUT2D eigenvalue weighted by Gasteiger charge is -2.28. The minimum Gasteiger partial charge on any atom is -0.388 e. The Hall–Kier alpha value is -0.860. The predicted molar refractivity (Wildman–Crippen MR) is 61.7 cm³/mol. The van der Waals surface area contributed by atoms with Gasteiger partial charge in [0.25, 0.3) is 0 Å². The summed E-state index contributed by atoms with van der Waals surface area (Å²) in [7, 11) is 0. The van der Waals surface area contributed by atoms with Crippen molar-refractivity contribution in [2.24, 2.45) is 5.92 Å². The minimum absolute atomic E-state index is 0.284. The molecule has 1 aromatic rings. The van der Waals surface area contributed by atoms with Gasteiger partial charge in [0.1, 0.15) is 0 Å². The van der Waals surface area contributed by atoms with Crippen molar-refractivity contribution >= 4 is 0 Å². The standard InChI is InChI=1S/C13H19NO/c1-10-4-2-3-5-12(10)13(15)11-6-8-14-9-7-11/h2-5,11,13-15H,6-9H2,1H3. The van der Waals surface area contributed by atoms with Crippen molar-refractivity contribution in [2.45, 2.75) is 25.9 Å². The molecule has 1 unspecified atom stereocenters. The van der Waals surface area contributed by atoms with Crippen LogP contribution in [0, 0.1) is 12.8 Å². The topological polar surface area (TPSA) is 32.3 Å². The Bertz CT molecular complexity index is 318. The first-order chi connectivity index (χ1) is 7.29. The molecular formula is C13H19NO. The molecule has 1 aliphatic heterocycles. The van der Waals surface area contributed by atoms with Gasteiger partial charge in [-0.15, -0.1) is 0 Å². The van der Waals surface area contributed by atoms with E-state index in [0.717, 1.165) is 31.5 Å². The molecule has 0 radical (unpaired) electrons. The summed E-state index contributed by atoms with van der Waals surface area (Å²) in [5, 5.41) is 13.6. The van der Waals surface area contributed by atoms with E-state index in [1.165, 1.54) is 5.56 Å². The molecule has 0 aliphatic carbocycles. The van der Waals surface area contributed by atoms with E-state index in [1.54, 1.807) is 0 Å². The lowest BCUT2D eigenvalue weighted by Crippen LogP contribution is -2.31. The number of hydrogen-bond acceptors (Lipinski definition) is 2. The normalized spacial score (nSPS) is 20.1. The number of hydrogen-bond donors (Lipinski definition) is 2. The zero-order chi connectivity index (χ0) is 10.7. The lowest BCUT2D eigenvalue weighted by atomic mass is 9.86. The molecule has 2 heteroatoms. The third-order valence-electron chi connectivity index (χ3n) is 3.34. The summed E-state index contributed by atoms with van der Waals surface area (Å²) >= 11 is 0. The molecule has 2 rings (SSSR count). The van der Waals surface area contributed by atoms with Gasteiger partial charge in [-0.25, -0.2) is 0 Å². The van der Waals surface area contributed by atoms with Gasteiger partial charge in [-0.3, -0.25) is 0 Å². The third-order valence-corrected chi connectivity index (χ3v) is 3.34. The van der Waals surface area contributed by atoms with Crippen LogP contribution < -0.4 is 5.32 Å². The van der Waals surface area contributed by atoms with Crippen LogP contribution in [-0.2, 0) is 0 Å². The lowest BCUT2D eigenvalue weighted by molar-refractivity contribution is 0.0884. The first-order valence-corrected chi connectivity index (χ1v) is 5.73.